The average molecular weight is 283 g/mol. The molecule has 2 aromatic carbocycles. The summed E-state index contributed by atoms with van der Waals surface area (Å²) >= 11 is 0. The zero-order valence-electron chi connectivity index (χ0n) is 12.6. The largest absolute Gasteiger partial charge is 0.484 e. The van der Waals surface area contributed by atoms with E-state index in [0.717, 1.165) is 17.9 Å². The Bertz CT molecular complexity index is 581. The molecule has 110 valence electrons. The highest BCUT2D eigenvalue weighted by molar-refractivity contribution is 5.94. The van der Waals surface area contributed by atoms with Crippen LogP contribution in [0.1, 0.15) is 19.4 Å². The molecule has 0 heterocycles. The predicted octanol–water partition coefficient (Wildman–Crippen LogP) is 3.68. The number of rotatable bonds is 6. The second kappa shape index (κ2) is 7.48. The van der Waals surface area contributed by atoms with Crippen molar-refractivity contribution in [1.82, 2.24) is 0 Å². The fraction of sp³-hybridized carbons (Fsp3) is 0.278. The van der Waals surface area contributed by atoms with Crippen LogP contribution in [-0.4, -0.2) is 19.1 Å². The Labute approximate surface area is 126 Å². The van der Waals surface area contributed by atoms with Crippen LogP contribution in [0.15, 0.2) is 54.6 Å². The molecule has 0 spiro atoms. The molecule has 3 nitrogen and oxygen atoms in total. The topological polar surface area (TPSA) is 29.5 Å². The van der Waals surface area contributed by atoms with Crippen LogP contribution < -0.4 is 9.64 Å². The summed E-state index contributed by atoms with van der Waals surface area (Å²) in [6.07, 6.45) is 0.955. The van der Waals surface area contributed by atoms with Crippen LogP contribution in [0, 0.1) is 0 Å². The first-order valence-corrected chi connectivity index (χ1v) is 7.31. The summed E-state index contributed by atoms with van der Waals surface area (Å²) < 4.78 is 5.62. The fourth-order valence-electron chi connectivity index (χ4n) is 2.19. The first-order valence-electron chi connectivity index (χ1n) is 7.31. The second-order valence-corrected chi connectivity index (χ2v) is 4.76. The minimum Gasteiger partial charge on any atom is -0.484 e. The van der Waals surface area contributed by atoms with Crippen molar-refractivity contribution in [2.24, 2.45) is 0 Å². The van der Waals surface area contributed by atoms with Crippen molar-refractivity contribution < 1.29 is 9.53 Å². The van der Waals surface area contributed by atoms with Crippen molar-refractivity contribution in [3.05, 3.63) is 60.2 Å². The highest BCUT2D eigenvalue weighted by atomic mass is 16.5. The maximum Gasteiger partial charge on any atom is 0.264 e. The van der Waals surface area contributed by atoms with E-state index in [1.165, 1.54) is 5.56 Å². The predicted molar refractivity (Wildman–Crippen MR) is 85.8 cm³/mol. The molecular formula is C18H21NO2. The van der Waals surface area contributed by atoms with Gasteiger partial charge in [-0.1, -0.05) is 37.3 Å². The average Bonchev–Trinajstić information content (AvgIpc) is 2.55. The number of aryl methyl sites for hydroxylation is 1. The van der Waals surface area contributed by atoms with Crippen molar-refractivity contribution in [3.8, 4) is 5.75 Å². The van der Waals surface area contributed by atoms with Gasteiger partial charge in [0.1, 0.15) is 5.75 Å². The van der Waals surface area contributed by atoms with Gasteiger partial charge in [0.15, 0.2) is 6.61 Å². The van der Waals surface area contributed by atoms with E-state index in [-0.39, 0.29) is 12.5 Å². The lowest BCUT2D eigenvalue weighted by atomic mass is 10.2. The van der Waals surface area contributed by atoms with Crippen LogP contribution in [0.25, 0.3) is 0 Å². The molecule has 0 fully saturated rings. The lowest BCUT2D eigenvalue weighted by Crippen LogP contribution is -2.34. The molecule has 3 heteroatoms. The maximum absolute atomic E-state index is 12.3. The number of carbonyl (C=O) groups is 1. The number of nitrogens with zero attached hydrogens (tertiary/aromatic N) is 1. The van der Waals surface area contributed by atoms with Gasteiger partial charge in [-0.3, -0.25) is 4.79 Å². The van der Waals surface area contributed by atoms with Gasteiger partial charge in [0.25, 0.3) is 5.91 Å². The second-order valence-electron chi connectivity index (χ2n) is 4.76. The number of amides is 1. The Kier molecular flexibility index (Phi) is 5.38. The summed E-state index contributed by atoms with van der Waals surface area (Å²) in [5.41, 5.74) is 2.10. The lowest BCUT2D eigenvalue weighted by Gasteiger charge is -2.21. The molecule has 0 bridgehead atoms. The van der Waals surface area contributed by atoms with E-state index in [0.29, 0.717) is 6.54 Å². The first-order chi connectivity index (χ1) is 10.2. The third kappa shape index (κ3) is 4.09. The number of para-hydroxylation sites is 1. The number of hydrogen-bond acceptors (Lipinski definition) is 2. The van der Waals surface area contributed by atoms with Crippen molar-refractivity contribution in [2.45, 2.75) is 20.3 Å². The molecule has 0 unspecified atom stereocenters. The van der Waals surface area contributed by atoms with Crippen LogP contribution in [-0.2, 0) is 11.2 Å². The zero-order valence-corrected chi connectivity index (χ0v) is 12.6. The fourth-order valence-corrected chi connectivity index (χ4v) is 2.19. The quantitative estimate of drug-likeness (QED) is 0.809. The molecular weight excluding hydrogens is 262 g/mol. The van der Waals surface area contributed by atoms with Gasteiger partial charge in [0.05, 0.1) is 0 Å². The van der Waals surface area contributed by atoms with Gasteiger partial charge >= 0.3 is 0 Å². The van der Waals surface area contributed by atoms with E-state index in [1.54, 1.807) is 4.90 Å². The molecule has 0 radical (unpaired) electrons. The molecule has 2 aromatic rings. The number of carbonyl (C=O) groups excluding carboxylic acids is 1. The molecule has 0 aliphatic rings. The summed E-state index contributed by atoms with van der Waals surface area (Å²) in [6.45, 7) is 4.73. The third-order valence-electron chi connectivity index (χ3n) is 3.35. The van der Waals surface area contributed by atoms with Crippen LogP contribution in [0.5, 0.6) is 5.75 Å². The van der Waals surface area contributed by atoms with Crippen molar-refractivity contribution >= 4 is 11.6 Å². The standard InChI is InChI=1S/C18H21NO2/c1-3-15-9-8-12-17(13-15)21-14-18(20)19(4-2)16-10-6-5-7-11-16/h5-13H,3-4,14H2,1-2H3. The Morgan fingerprint density at radius 3 is 2.48 bits per heavy atom. The summed E-state index contributed by atoms with van der Waals surface area (Å²) in [6, 6.07) is 17.5. The van der Waals surface area contributed by atoms with Crippen LogP contribution in [0.4, 0.5) is 5.69 Å². The summed E-state index contributed by atoms with van der Waals surface area (Å²) in [5, 5.41) is 0. The van der Waals surface area contributed by atoms with Gasteiger partial charge in [-0.25, -0.2) is 0 Å². The number of likely N-dealkylation sites (N-methyl/N-ethyl adjacent to an activating group) is 1. The molecule has 0 N–H and O–H groups in total. The third-order valence-corrected chi connectivity index (χ3v) is 3.35. The van der Waals surface area contributed by atoms with Gasteiger partial charge < -0.3 is 9.64 Å². The van der Waals surface area contributed by atoms with Crippen molar-refractivity contribution in [3.63, 3.8) is 0 Å². The van der Waals surface area contributed by atoms with Gasteiger partial charge in [0, 0.05) is 12.2 Å². The SMILES string of the molecule is CCc1cccc(OCC(=O)N(CC)c2ccccc2)c1. The molecule has 1 amide bonds. The van der Waals surface area contributed by atoms with Crippen molar-refractivity contribution in [2.75, 3.05) is 18.1 Å². The summed E-state index contributed by atoms with van der Waals surface area (Å²) in [5.74, 6) is 0.706. The molecule has 0 aromatic heterocycles. The Morgan fingerprint density at radius 1 is 1.05 bits per heavy atom. The number of anilines is 1. The minimum atomic E-state index is -0.0365. The summed E-state index contributed by atoms with van der Waals surface area (Å²) in [7, 11) is 0. The molecule has 21 heavy (non-hydrogen) atoms. The first kappa shape index (κ1) is 15.1. The monoisotopic (exact) mass is 283 g/mol. The molecule has 0 aliphatic carbocycles. The van der Waals surface area contributed by atoms with Gasteiger partial charge in [-0.2, -0.15) is 0 Å². The van der Waals surface area contributed by atoms with Gasteiger partial charge in [-0.05, 0) is 43.2 Å². The van der Waals surface area contributed by atoms with Gasteiger partial charge in [0.2, 0.25) is 0 Å². The number of benzene rings is 2. The Balaban J connectivity index is 2.00. The van der Waals surface area contributed by atoms with E-state index in [4.69, 9.17) is 4.74 Å². The number of ether oxygens (including phenoxy) is 1. The Morgan fingerprint density at radius 2 is 1.81 bits per heavy atom. The van der Waals surface area contributed by atoms with Crippen molar-refractivity contribution in [1.29, 1.82) is 0 Å². The molecule has 0 saturated heterocycles. The Hall–Kier alpha value is -2.29. The smallest absolute Gasteiger partial charge is 0.264 e. The molecule has 0 aliphatic heterocycles. The van der Waals surface area contributed by atoms with E-state index in [1.807, 2.05) is 55.5 Å². The van der Waals surface area contributed by atoms with Crippen LogP contribution in [0.3, 0.4) is 0 Å². The summed E-state index contributed by atoms with van der Waals surface area (Å²) in [4.78, 5) is 14.0. The van der Waals surface area contributed by atoms with Gasteiger partial charge in [-0.15, -0.1) is 0 Å². The van der Waals surface area contributed by atoms with E-state index in [2.05, 4.69) is 13.0 Å². The molecule has 2 rings (SSSR count). The van der Waals surface area contributed by atoms with Crippen LogP contribution in [0.2, 0.25) is 0 Å². The molecule has 0 saturated carbocycles. The minimum absolute atomic E-state index is 0.0365. The van der Waals surface area contributed by atoms with Crippen LogP contribution >= 0.6 is 0 Å². The van der Waals surface area contributed by atoms with E-state index in [9.17, 15) is 4.79 Å². The number of hydrogen-bond donors (Lipinski definition) is 0. The highest BCUT2D eigenvalue weighted by Crippen LogP contribution is 2.16. The normalized spacial score (nSPS) is 10.2. The maximum atomic E-state index is 12.3. The molecule has 0 atom stereocenters. The van der Waals surface area contributed by atoms with E-state index < -0.39 is 0 Å². The zero-order chi connectivity index (χ0) is 15.1. The lowest BCUT2D eigenvalue weighted by molar-refractivity contribution is -0.120. The highest BCUT2D eigenvalue weighted by Gasteiger charge is 2.14. The van der Waals surface area contributed by atoms with E-state index >= 15 is 0 Å².